The van der Waals surface area contributed by atoms with Gasteiger partial charge >= 0.3 is 0 Å². The molecule has 0 atom stereocenters. The molecule has 0 N–H and O–H groups in total. The van der Waals surface area contributed by atoms with Gasteiger partial charge in [0.25, 0.3) is 0 Å². The van der Waals surface area contributed by atoms with Crippen LogP contribution in [0.15, 0.2) is 47.1 Å². The zero-order valence-electron chi connectivity index (χ0n) is 9.48. The Balaban J connectivity index is 2.14. The second-order valence-electron chi connectivity index (χ2n) is 3.94. The van der Waals surface area contributed by atoms with Crippen molar-refractivity contribution in [2.45, 2.75) is 13.3 Å². The Bertz CT molecular complexity index is 534. The van der Waals surface area contributed by atoms with E-state index in [0.717, 1.165) is 21.3 Å². The van der Waals surface area contributed by atoms with Gasteiger partial charge in [-0.2, -0.15) is 0 Å². The quantitative estimate of drug-likeness (QED) is 0.809. The third-order valence-electron chi connectivity index (χ3n) is 2.47. The number of benzene rings is 1. The molecule has 0 aliphatic heterocycles. The van der Waals surface area contributed by atoms with Crippen LogP contribution in [0.1, 0.15) is 21.6 Å². The van der Waals surface area contributed by atoms with Gasteiger partial charge in [-0.25, -0.2) is 0 Å². The summed E-state index contributed by atoms with van der Waals surface area (Å²) in [6, 6.07) is 11.4. The molecule has 0 saturated heterocycles. The summed E-state index contributed by atoms with van der Waals surface area (Å²) in [6.45, 7) is 1.98. The fourth-order valence-corrected chi connectivity index (χ4v) is 1.83. The molecule has 0 bridgehead atoms. The average molecular weight is 290 g/mol. The number of rotatable bonds is 3. The Kier molecular flexibility index (Phi) is 3.69. The van der Waals surface area contributed by atoms with E-state index in [1.165, 1.54) is 0 Å². The van der Waals surface area contributed by atoms with Gasteiger partial charge < -0.3 is 0 Å². The lowest BCUT2D eigenvalue weighted by Gasteiger charge is -2.02. The van der Waals surface area contributed by atoms with Gasteiger partial charge in [0, 0.05) is 21.9 Å². The number of carbonyl (C=O) groups excluding carboxylic acids is 1. The Morgan fingerprint density at radius 2 is 2.12 bits per heavy atom. The summed E-state index contributed by atoms with van der Waals surface area (Å²) in [6.07, 6.45) is 2.05. The third-order valence-corrected chi connectivity index (χ3v) is 2.94. The molecule has 0 aliphatic carbocycles. The maximum absolute atomic E-state index is 12.0. The molecule has 3 heteroatoms. The number of halogens is 1. The van der Waals surface area contributed by atoms with E-state index in [-0.39, 0.29) is 5.78 Å². The van der Waals surface area contributed by atoms with E-state index >= 15 is 0 Å². The predicted molar refractivity (Wildman–Crippen MR) is 71.2 cm³/mol. The fraction of sp³-hybridized carbons (Fsp3) is 0.143. The molecule has 0 amide bonds. The number of nitrogens with zero attached hydrogens (tertiary/aromatic N) is 1. The van der Waals surface area contributed by atoms with E-state index in [1.807, 2.05) is 43.3 Å². The molecule has 1 aromatic heterocycles. The molecule has 0 unspecified atom stereocenters. The summed E-state index contributed by atoms with van der Waals surface area (Å²) >= 11 is 3.32. The number of pyridine rings is 1. The summed E-state index contributed by atoms with van der Waals surface area (Å²) < 4.78 is 0.921. The van der Waals surface area contributed by atoms with Crippen LogP contribution in [0.3, 0.4) is 0 Å². The van der Waals surface area contributed by atoms with Crippen LogP contribution < -0.4 is 0 Å². The first-order chi connectivity index (χ1) is 8.15. The minimum absolute atomic E-state index is 0.100. The lowest BCUT2D eigenvalue weighted by atomic mass is 10.0. The van der Waals surface area contributed by atoms with Crippen molar-refractivity contribution in [2.24, 2.45) is 0 Å². The second-order valence-corrected chi connectivity index (χ2v) is 4.85. The molecule has 86 valence electrons. The van der Waals surface area contributed by atoms with Crippen LogP contribution in [0.25, 0.3) is 0 Å². The first-order valence-corrected chi connectivity index (χ1v) is 6.15. The highest BCUT2D eigenvalue weighted by Gasteiger charge is 2.07. The smallest absolute Gasteiger partial charge is 0.168 e. The highest BCUT2D eigenvalue weighted by Crippen LogP contribution is 2.11. The van der Waals surface area contributed by atoms with Gasteiger partial charge in [0.15, 0.2) is 5.78 Å². The molecule has 2 aromatic rings. The normalized spacial score (nSPS) is 10.2. The van der Waals surface area contributed by atoms with Crippen LogP contribution in [0.5, 0.6) is 0 Å². The van der Waals surface area contributed by atoms with Crippen molar-refractivity contribution in [1.29, 1.82) is 0 Å². The summed E-state index contributed by atoms with van der Waals surface area (Å²) in [7, 11) is 0. The van der Waals surface area contributed by atoms with Crippen LogP contribution in [0.2, 0.25) is 0 Å². The molecule has 1 aromatic carbocycles. The third kappa shape index (κ3) is 3.24. The van der Waals surface area contributed by atoms with Crippen molar-refractivity contribution in [2.75, 3.05) is 0 Å². The fourth-order valence-electron chi connectivity index (χ4n) is 1.60. The summed E-state index contributed by atoms with van der Waals surface area (Å²) in [4.78, 5) is 16.2. The Morgan fingerprint density at radius 3 is 2.76 bits per heavy atom. The Labute approximate surface area is 109 Å². The summed E-state index contributed by atoms with van der Waals surface area (Å²) in [5, 5.41) is 0. The van der Waals surface area contributed by atoms with E-state index < -0.39 is 0 Å². The molecular weight excluding hydrogens is 278 g/mol. The topological polar surface area (TPSA) is 30.0 Å². The van der Waals surface area contributed by atoms with Gasteiger partial charge in [-0.3, -0.25) is 9.78 Å². The molecular formula is C14H12BrNO. The maximum Gasteiger partial charge on any atom is 0.168 e. The van der Waals surface area contributed by atoms with E-state index in [0.29, 0.717) is 6.42 Å². The second kappa shape index (κ2) is 5.23. The van der Waals surface area contributed by atoms with Crippen LogP contribution in [-0.2, 0) is 6.42 Å². The van der Waals surface area contributed by atoms with E-state index in [1.54, 1.807) is 6.20 Å². The number of hydrogen-bond donors (Lipinski definition) is 0. The number of Topliss-reactive ketones (excluding diaryl/α,β-unsaturated/α-hetero) is 1. The van der Waals surface area contributed by atoms with Crippen molar-refractivity contribution in [3.63, 3.8) is 0 Å². The van der Waals surface area contributed by atoms with Crippen molar-refractivity contribution >= 4 is 21.7 Å². The Hall–Kier alpha value is -1.48. The number of aromatic nitrogens is 1. The van der Waals surface area contributed by atoms with Gasteiger partial charge in [0.2, 0.25) is 0 Å². The molecule has 0 fully saturated rings. The van der Waals surface area contributed by atoms with Gasteiger partial charge in [-0.15, -0.1) is 0 Å². The van der Waals surface area contributed by atoms with E-state index in [9.17, 15) is 4.79 Å². The Morgan fingerprint density at radius 1 is 1.29 bits per heavy atom. The average Bonchev–Trinajstić information content (AvgIpc) is 2.32. The summed E-state index contributed by atoms with van der Waals surface area (Å²) in [5.74, 6) is 0.100. The highest BCUT2D eigenvalue weighted by molar-refractivity contribution is 9.10. The number of carbonyl (C=O) groups is 1. The van der Waals surface area contributed by atoms with Crippen LogP contribution >= 0.6 is 15.9 Å². The van der Waals surface area contributed by atoms with E-state index in [2.05, 4.69) is 20.9 Å². The van der Waals surface area contributed by atoms with Crippen LogP contribution in [0.4, 0.5) is 0 Å². The predicted octanol–water partition coefficient (Wildman–Crippen LogP) is 3.58. The molecule has 0 spiro atoms. The minimum Gasteiger partial charge on any atom is -0.294 e. The van der Waals surface area contributed by atoms with Crippen LogP contribution in [-0.4, -0.2) is 10.8 Å². The van der Waals surface area contributed by atoms with Gasteiger partial charge in [0.1, 0.15) is 0 Å². The maximum atomic E-state index is 12.0. The lowest BCUT2D eigenvalue weighted by Crippen LogP contribution is -2.05. The van der Waals surface area contributed by atoms with E-state index in [4.69, 9.17) is 0 Å². The van der Waals surface area contributed by atoms with Crippen LogP contribution in [0, 0.1) is 6.92 Å². The molecule has 2 nitrogen and oxygen atoms in total. The zero-order valence-corrected chi connectivity index (χ0v) is 11.1. The number of ketones is 1. The zero-order chi connectivity index (χ0) is 12.3. The monoisotopic (exact) mass is 289 g/mol. The number of aryl methyl sites for hydroxylation is 1. The number of hydrogen-bond acceptors (Lipinski definition) is 2. The largest absolute Gasteiger partial charge is 0.294 e. The first-order valence-electron chi connectivity index (χ1n) is 5.35. The van der Waals surface area contributed by atoms with Crippen molar-refractivity contribution < 1.29 is 4.79 Å². The standard InChI is InChI=1S/C14H12BrNO/c1-10-3-2-4-11(7-10)14(17)8-13-6-5-12(15)9-16-13/h2-7,9H,8H2,1H3. The van der Waals surface area contributed by atoms with Gasteiger partial charge in [0.05, 0.1) is 6.42 Å². The molecule has 2 rings (SSSR count). The molecule has 1 heterocycles. The highest BCUT2D eigenvalue weighted by atomic mass is 79.9. The lowest BCUT2D eigenvalue weighted by molar-refractivity contribution is 0.0992. The molecule has 0 saturated carbocycles. The first kappa shape index (κ1) is 12.0. The molecule has 0 aliphatic rings. The van der Waals surface area contributed by atoms with Gasteiger partial charge in [-0.05, 0) is 41.1 Å². The SMILES string of the molecule is Cc1cccc(C(=O)Cc2ccc(Br)cn2)c1. The van der Waals surface area contributed by atoms with Crippen molar-refractivity contribution in [3.05, 3.63) is 63.9 Å². The molecule has 0 radical (unpaired) electrons. The summed E-state index contributed by atoms with van der Waals surface area (Å²) in [5.41, 5.74) is 2.63. The van der Waals surface area contributed by atoms with Crippen molar-refractivity contribution in [3.8, 4) is 0 Å². The molecule has 17 heavy (non-hydrogen) atoms. The minimum atomic E-state index is 0.100. The van der Waals surface area contributed by atoms with Gasteiger partial charge in [-0.1, -0.05) is 23.8 Å². The van der Waals surface area contributed by atoms with Crippen molar-refractivity contribution in [1.82, 2.24) is 4.98 Å².